The van der Waals surface area contributed by atoms with Crippen LogP contribution in [0.15, 0.2) is 78.0 Å². The molecule has 0 fully saturated rings. The summed E-state index contributed by atoms with van der Waals surface area (Å²) in [5.74, 6) is 0.132. The van der Waals surface area contributed by atoms with Crippen molar-refractivity contribution in [1.82, 2.24) is 10.3 Å². The van der Waals surface area contributed by atoms with Crippen molar-refractivity contribution in [2.24, 2.45) is 0 Å². The molecule has 2 aromatic carbocycles. The molecule has 0 spiro atoms. The Morgan fingerprint density at radius 2 is 1.86 bits per heavy atom. The number of nitrogens with one attached hydrogen (secondary N) is 1. The average molecular weight is 396 g/mol. The number of halogens is 1. The smallest absolute Gasteiger partial charge is 0.254 e. The Bertz CT molecular complexity index is 904. The third-order valence-electron chi connectivity index (χ3n) is 4.21. The van der Waals surface area contributed by atoms with Crippen molar-refractivity contribution in [3.8, 4) is 0 Å². The number of methoxy groups -OCH3 is 1. The molecule has 0 radical (unpaired) electrons. The third kappa shape index (κ3) is 5.41. The quantitative estimate of drug-likeness (QED) is 0.564. The van der Waals surface area contributed by atoms with Gasteiger partial charge in [0.15, 0.2) is 0 Å². The minimum atomic E-state index is -0.266. The molecular formula is C22H21FN2O2S. The van der Waals surface area contributed by atoms with E-state index < -0.39 is 0 Å². The lowest BCUT2D eigenvalue weighted by Crippen LogP contribution is -2.29. The first-order valence-electron chi connectivity index (χ1n) is 8.85. The van der Waals surface area contributed by atoms with Crippen LogP contribution in [0.1, 0.15) is 27.6 Å². The normalized spacial score (nSPS) is 11.8. The van der Waals surface area contributed by atoms with Crippen LogP contribution < -0.4 is 5.32 Å². The minimum absolute atomic E-state index is 0.201. The Kier molecular flexibility index (Phi) is 7.17. The molecule has 6 heteroatoms. The number of aromatic nitrogens is 1. The predicted octanol–water partition coefficient (Wildman–Crippen LogP) is 4.63. The maximum atomic E-state index is 13.0. The predicted molar refractivity (Wildman–Crippen MR) is 109 cm³/mol. The number of benzene rings is 2. The lowest BCUT2D eigenvalue weighted by atomic mass is 10.1. The van der Waals surface area contributed by atoms with E-state index in [0.29, 0.717) is 22.9 Å². The van der Waals surface area contributed by atoms with Crippen molar-refractivity contribution >= 4 is 17.7 Å². The molecule has 0 saturated carbocycles. The van der Waals surface area contributed by atoms with Crippen LogP contribution in [-0.2, 0) is 10.5 Å². The van der Waals surface area contributed by atoms with Gasteiger partial charge >= 0.3 is 0 Å². The summed E-state index contributed by atoms with van der Waals surface area (Å²) in [6.07, 6.45) is 1.43. The zero-order valence-corrected chi connectivity index (χ0v) is 16.3. The summed E-state index contributed by atoms with van der Waals surface area (Å²) in [5.41, 5.74) is 2.48. The molecule has 0 bridgehead atoms. The summed E-state index contributed by atoms with van der Waals surface area (Å²) in [4.78, 5) is 17.0. The van der Waals surface area contributed by atoms with E-state index in [1.807, 2.05) is 30.3 Å². The fraction of sp³-hybridized carbons (Fsp3) is 0.182. The number of ether oxygens (including phenoxy) is 1. The van der Waals surface area contributed by atoms with E-state index in [2.05, 4.69) is 10.3 Å². The summed E-state index contributed by atoms with van der Waals surface area (Å²) in [6.45, 7) is 0.357. The van der Waals surface area contributed by atoms with Crippen LogP contribution in [0.5, 0.6) is 0 Å². The van der Waals surface area contributed by atoms with Gasteiger partial charge in [-0.2, -0.15) is 0 Å². The van der Waals surface area contributed by atoms with Gasteiger partial charge in [-0.25, -0.2) is 9.37 Å². The van der Waals surface area contributed by atoms with E-state index in [4.69, 9.17) is 4.74 Å². The Hall–Kier alpha value is -2.70. The topological polar surface area (TPSA) is 51.2 Å². The van der Waals surface area contributed by atoms with E-state index in [0.717, 1.165) is 11.1 Å². The van der Waals surface area contributed by atoms with Gasteiger partial charge in [-0.15, -0.1) is 11.8 Å². The zero-order valence-electron chi connectivity index (χ0n) is 15.5. The van der Waals surface area contributed by atoms with Crippen molar-refractivity contribution in [3.05, 3.63) is 95.4 Å². The maximum absolute atomic E-state index is 13.0. The molecule has 1 atom stereocenters. The Morgan fingerprint density at radius 1 is 1.11 bits per heavy atom. The van der Waals surface area contributed by atoms with Crippen molar-refractivity contribution < 1.29 is 13.9 Å². The van der Waals surface area contributed by atoms with E-state index in [-0.39, 0.29) is 17.8 Å². The second-order valence-corrected chi connectivity index (χ2v) is 7.08. The van der Waals surface area contributed by atoms with E-state index in [1.54, 1.807) is 37.6 Å². The molecule has 3 rings (SSSR count). The van der Waals surface area contributed by atoms with Crippen LogP contribution in [0.4, 0.5) is 4.39 Å². The molecule has 0 aliphatic rings. The highest BCUT2D eigenvalue weighted by Gasteiger charge is 2.16. The second-order valence-electron chi connectivity index (χ2n) is 6.12. The van der Waals surface area contributed by atoms with Gasteiger partial charge in [-0.3, -0.25) is 4.79 Å². The van der Waals surface area contributed by atoms with E-state index in [9.17, 15) is 9.18 Å². The lowest BCUT2D eigenvalue weighted by Gasteiger charge is -2.17. The van der Waals surface area contributed by atoms with Gasteiger partial charge in [-0.1, -0.05) is 42.5 Å². The van der Waals surface area contributed by atoms with Crippen LogP contribution >= 0.6 is 11.8 Å². The average Bonchev–Trinajstić information content (AvgIpc) is 2.74. The van der Waals surface area contributed by atoms with Gasteiger partial charge < -0.3 is 10.1 Å². The number of carbonyl (C=O) groups excluding carboxylic acids is 1. The molecule has 1 heterocycles. The molecule has 0 aliphatic heterocycles. The highest BCUT2D eigenvalue weighted by molar-refractivity contribution is 7.98. The first-order chi connectivity index (χ1) is 13.7. The van der Waals surface area contributed by atoms with Crippen molar-refractivity contribution in [2.45, 2.75) is 16.9 Å². The number of thioether (sulfide) groups is 1. The SMILES string of the molecule is COC(CNC(=O)c1cccnc1SCc1ccc(F)cc1)c1ccccc1. The monoisotopic (exact) mass is 396 g/mol. The molecule has 1 unspecified atom stereocenters. The fourth-order valence-corrected chi connectivity index (χ4v) is 3.64. The molecule has 144 valence electrons. The minimum Gasteiger partial charge on any atom is -0.375 e. The highest BCUT2D eigenvalue weighted by atomic mass is 32.2. The van der Waals surface area contributed by atoms with Crippen molar-refractivity contribution in [1.29, 1.82) is 0 Å². The standard InChI is InChI=1S/C22H21FN2O2S/c1-27-20(17-6-3-2-4-7-17)14-25-21(26)19-8-5-13-24-22(19)28-15-16-9-11-18(23)12-10-16/h2-13,20H,14-15H2,1H3,(H,25,26). The Morgan fingerprint density at radius 3 is 2.57 bits per heavy atom. The summed E-state index contributed by atoms with van der Waals surface area (Å²) in [5, 5.41) is 3.56. The number of hydrogen-bond donors (Lipinski definition) is 1. The Labute approximate surface area is 168 Å². The van der Waals surface area contributed by atoms with Gasteiger partial charge in [0.1, 0.15) is 10.8 Å². The molecule has 1 N–H and O–H groups in total. The molecule has 0 aliphatic carbocycles. The molecule has 4 nitrogen and oxygen atoms in total. The van der Waals surface area contributed by atoms with Crippen molar-refractivity contribution in [3.63, 3.8) is 0 Å². The number of amides is 1. The zero-order chi connectivity index (χ0) is 19.8. The lowest BCUT2D eigenvalue weighted by molar-refractivity contribution is 0.0825. The van der Waals surface area contributed by atoms with E-state index >= 15 is 0 Å². The number of hydrogen-bond acceptors (Lipinski definition) is 4. The first-order valence-corrected chi connectivity index (χ1v) is 9.84. The highest BCUT2D eigenvalue weighted by Crippen LogP contribution is 2.24. The molecule has 1 aromatic heterocycles. The Balaban J connectivity index is 1.64. The first kappa shape index (κ1) is 20.0. The third-order valence-corrected chi connectivity index (χ3v) is 5.28. The van der Waals surface area contributed by atoms with Crippen LogP contribution in [0.3, 0.4) is 0 Å². The van der Waals surface area contributed by atoms with Crippen molar-refractivity contribution in [2.75, 3.05) is 13.7 Å². The fourth-order valence-electron chi connectivity index (χ4n) is 2.70. The largest absolute Gasteiger partial charge is 0.375 e. The van der Waals surface area contributed by atoms with Crippen LogP contribution in [0.25, 0.3) is 0 Å². The molecule has 1 amide bonds. The summed E-state index contributed by atoms with van der Waals surface area (Å²) in [7, 11) is 1.62. The number of pyridine rings is 1. The summed E-state index contributed by atoms with van der Waals surface area (Å²) < 4.78 is 18.5. The van der Waals surface area contributed by atoms with Crippen LogP contribution in [0, 0.1) is 5.82 Å². The van der Waals surface area contributed by atoms with Gasteiger partial charge in [0.25, 0.3) is 5.91 Å². The molecule has 3 aromatic rings. The summed E-state index contributed by atoms with van der Waals surface area (Å²) in [6, 6.07) is 19.6. The van der Waals surface area contributed by atoms with Gasteiger partial charge in [0, 0.05) is 25.6 Å². The summed E-state index contributed by atoms with van der Waals surface area (Å²) >= 11 is 1.45. The van der Waals surface area contributed by atoms with Crippen LogP contribution in [-0.4, -0.2) is 24.5 Å². The van der Waals surface area contributed by atoms with Crippen LogP contribution in [0.2, 0.25) is 0 Å². The molecule has 0 saturated heterocycles. The maximum Gasteiger partial charge on any atom is 0.254 e. The number of carbonyl (C=O) groups is 1. The second kappa shape index (κ2) is 10.0. The molecule has 28 heavy (non-hydrogen) atoms. The number of rotatable bonds is 8. The van der Waals surface area contributed by atoms with Gasteiger partial charge in [0.2, 0.25) is 0 Å². The van der Waals surface area contributed by atoms with Gasteiger partial charge in [-0.05, 0) is 35.4 Å². The van der Waals surface area contributed by atoms with Gasteiger partial charge in [0.05, 0.1) is 11.7 Å². The van der Waals surface area contributed by atoms with E-state index in [1.165, 1.54) is 23.9 Å². The molecular weight excluding hydrogens is 375 g/mol. The number of nitrogens with zero attached hydrogens (tertiary/aromatic N) is 1.